The van der Waals surface area contributed by atoms with Crippen molar-refractivity contribution in [1.82, 2.24) is 14.9 Å². The highest BCUT2D eigenvalue weighted by Gasteiger charge is 2.27. The summed E-state index contributed by atoms with van der Waals surface area (Å²) in [5, 5.41) is 3.65. The van der Waals surface area contributed by atoms with Gasteiger partial charge in [-0.3, -0.25) is 0 Å². The molecule has 2 atom stereocenters. The Balaban J connectivity index is 2.41. The van der Waals surface area contributed by atoms with Crippen LogP contribution in [0.3, 0.4) is 0 Å². The fourth-order valence-electron chi connectivity index (χ4n) is 2.89. The molecule has 0 spiro atoms. The molecule has 1 aromatic carbocycles. The van der Waals surface area contributed by atoms with E-state index < -0.39 is 0 Å². The van der Waals surface area contributed by atoms with Crippen molar-refractivity contribution in [3.05, 3.63) is 54.1 Å². The SMILES string of the molecule is CCNC(c1ccccc1)C(C(C)C)n1ccnc1C. The van der Waals surface area contributed by atoms with Gasteiger partial charge >= 0.3 is 0 Å². The Labute approximate surface area is 122 Å². The van der Waals surface area contributed by atoms with Crippen molar-refractivity contribution in [2.45, 2.75) is 39.8 Å². The molecule has 20 heavy (non-hydrogen) atoms. The Morgan fingerprint density at radius 2 is 1.90 bits per heavy atom. The number of hydrogen-bond acceptors (Lipinski definition) is 2. The second-order valence-electron chi connectivity index (χ2n) is 5.56. The van der Waals surface area contributed by atoms with Gasteiger partial charge in [0.05, 0.1) is 12.1 Å². The van der Waals surface area contributed by atoms with Crippen LogP contribution in [0.15, 0.2) is 42.7 Å². The van der Waals surface area contributed by atoms with Crippen LogP contribution in [0.5, 0.6) is 0 Å². The number of aryl methyl sites for hydroxylation is 1. The zero-order chi connectivity index (χ0) is 14.5. The molecule has 2 unspecified atom stereocenters. The maximum Gasteiger partial charge on any atom is 0.105 e. The molecule has 0 bridgehead atoms. The Morgan fingerprint density at radius 1 is 1.20 bits per heavy atom. The summed E-state index contributed by atoms with van der Waals surface area (Å²) in [7, 11) is 0. The average Bonchev–Trinajstić information content (AvgIpc) is 2.85. The zero-order valence-electron chi connectivity index (χ0n) is 12.9. The third kappa shape index (κ3) is 3.10. The molecule has 0 fully saturated rings. The van der Waals surface area contributed by atoms with E-state index in [9.17, 15) is 0 Å². The molecule has 0 aliphatic rings. The zero-order valence-corrected chi connectivity index (χ0v) is 12.9. The molecule has 108 valence electrons. The summed E-state index contributed by atoms with van der Waals surface area (Å²) in [6.45, 7) is 9.74. The first-order valence-corrected chi connectivity index (χ1v) is 7.43. The lowest BCUT2D eigenvalue weighted by Crippen LogP contribution is -2.33. The molecule has 1 aromatic heterocycles. The predicted octanol–water partition coefficient (Wildman–Crippen LogP) is 3.74. The summed E-state index contributed by atoms with van der Waals surface area (Å²) in [5.41, 5.74) is 1.33. The molecular weight excluding hydrogens is 246 g/mol. The van der Waals surface area contributed by atoms with E-state index in [4.69, 9.17) is 0 Å². The molecule has 0 amide bonds. The van der Waals surface area contributed by atoms with Gasteiger partial charge < -0.3 is 9.88 Å². The Bertz CT molecular complexity index is 516. The summed E-state index contributed by atoms with van der Waals surface area (Å²) in [6, 6.07) is 11.4. The molecule has 2 rings (SSSR count). The molecule has 3 heteroatoms. The van der Waals surface area contributed by atoms with E-state index in [2.05, 4.69) is 79.1 Å². The minimum absolute atomic E-state index is 0.300. The summed E-state index contributed by atoms with van der Waals surface area (Å²) in [6.07, 6.45) is 3.98. The molecule has 1 heterocycles. The Morgan fingerprint density at radius 3 is 2.40 bits per heavy atom. The van der Waals surface area contributed by atoms with Gasteiger partial charge in [0.15, 0.2) is 0 Å². The highest BCUT2D eigenvalue weighted by molar-refractivity contribution is 5.21. The van der Waals surface area contributed by atoms with E-state index in [0.717, 1.165) is 12.4 Å². The van der Waals surface area contributed by atoms with Crippen LogP contribution in [0, 0.1) is 12.8 Å². The number of rotatable bonds is 6. The number of imidazole rings is 1. The van der Waals surface area contributed by atoms with Gasteiger partial charge in [0.2, 0.25) is 0 Å². The number of benzene rings is 1. The van der Waals surface area contributed by atoms with Crippen molar-refractivity contribution in [3.8, 4) is 0 Å². The van der Waals surface area contributed by atoms with E-state index in [0.29, 0.717) is 18.0 Å². The minimum Gasteiger partial charge on any atom is -0.330 e. The van der Waals surface area contributed by atoms with Crippen molar-refractivity contribution in [3.63, 3.8) is 0 Å². The van der Waals surface area contributed by atoms with E-state index >= 15 is 0 Å². The molecule has 2 aromatic rings. The topological polar surface area (TPSA) is 29.9 Å². The van der Waals surface area contributed by atoms with Gasteiger partial charge in [0.1, 0.15) is 5.82 Å². The second kappa shape index (κ2) is 6.71. The fourth-order valence-corrected chi connectivity index (χ4v) is 2.89. The van der Waals surface area contributed by atoms with Crippen LogP contribution in [0.4, 0.5) is 0 Å². The molecule has 0 radical (unpaired) electrons. The summed E-state index contributed by atoms with van der Waals surface area (Å²) >= 11 is 0. The van der Waals surface area contributed by atoms with Crippen LogP contribution in [0.25, 0.3) is 0 Å². The van der Waals surface area contributed by atoms with E-state index in [-0.39, 0.29) is 0 Å². The lowest BCUT2D eigenvalue weighted by atomic mass is 9.90. The average molecular weight is 271 g/mol. The predicted molar refractivity (Wildman–Crippen MR) is 83.7 cm³/mol. The number of nitrogens with zero attached hydrogens (tertiary/aromatic N) is 2. The lowest BCUT2D eigenvalue weighted by molar-refractivity contribution is 0.277. The summed E-state index contributed by atoms with van der Waals surface area (Å²) < 4.78 is 2.30. The highest BCUT2D eigenvalue weighted by Crippen LogP contribution is 2.33. The van der Waals surface area contributed by atoms with Crippen molar-refractivity contribution in [2.24, 2.45) is 5.92 Å². The van der Waals surface area contributed by atoms with Gasteiger partial charge in [0.25, 0.3) is 0 Å². The van der Waals surface area contributed by atoms with Crippen LogP contribution < -0.4 is 5.32 Å². The third-order valence-electron chi connectivity index (χ3n) is 3.79. The second-order valence-corrected chi connectivity index (χ2v) is 5.56. The first-order chi connectivity index (χ1) is 9.65. The van der Waals surface area contributed by atoms with Crippen molar-refractivity contribution in [1.29, 1.82) is 0 Å². The third-order valence-corrected chi connectivity index (χ3v) is 3.79. The molecule has 0 aliphatic heterocycles. The number of aromatic nitrogens is 2. The fraction of sp³-hybridized carbons (Fsp3) is 0.471. The Kier molecular flexibility index (Phi) is 4.96. The molecular formula is C17H25N3. The van der Waals surface area contributed by atoms with E-state index in [1.54, 1.807) is 0 Å². The van der Waals surface area contributed by atoms with Gasteiger partial charge in [-0.05, 0) is 24.9 Å². The lowest BCUT2D eigenvalue weighted by Gasteiger charge is -2.33. The van der Waals surface area contributed by atoms with Crippen LogP contribution in [0.2, 0.25) is 0 Å². The van der Waals surface area contributed by atoms with Crippen LogP contribution in [0.1, 0.15) is 44.2 Å². The molecule has 0 saturated heterocycles. The van der Waals surface area contributed by atoms with Gasteiger partial charge in [0, 0.05) is 12.4 Å². The van der Waals surface area contributed by atoms with Gasteiger partial charge in [-0.15, -0.1) is 0 Å². The minimum atomic E-state index is 0.300. The standard InChI is InChI=1S/C17H25N3/c1-5-18-16(15-9-7-6-8-10-15)17(13(2)3)20-12-11-19-14(20)4/h6-13,16-18H,5H2,1-4H3. The van der Waals surface area contributed by atoms with Crippen LogP contribution in [-0.2, 0) is 0 Å². The van der Waals surface area contributed by atoms with Crippen molar-refractivity contribution in [2.75, 3.05) is 6.54 Å². The van der Waals surface area contributed by atoms with Crippen LogP contribution >= 0.6 is 0 Å². The monoisotopic (exact) mass is 271 g/mol. The van der Waals surface area contributed by atoms with Crippen molar-refractivity contribution >= 4 is 0 Å². The maximum atomic E-state index is 4.39. The maximum absolute atomic E-state index is 4.39. The molecule has 0 aliphatic carbocycles. The molecule has 3 nitrogen and oxygen atoms in total. The highest BCUT2D eigenvalue weighted by atomic mass is 15.1. The van der Waals surface area contributed by atoms with Crippen molar-refractivity contribution < 1.29 is 0 Å². The number of likely N-dealkylation sites (N-methyl/N-ethyl adjacent to an activating group) is 1. The molecule has 1 N–H and O–H groups in total. The first-order valence-electron chi connectivity index (χ1n) is 7.43. The van der Waals surface area contributed by atoms with E-state index in [1.165, 1.54) is 5.56 Å². The number of hydrogen-bond donors (Lipinski definition) is 1. The summed E-state index contributed by atoms with van der Waals surface area (Å²) in [4.78, 5) is 4.39. The van der Waals surface area contributed by atoms with Gasteiger partial charge in [-0.2, -0.15) is 0 Å². The molecule has 0 saturated carbocycles. The van der Waals surface area contributed by atoms with E-state index in [1.807, 2.05) is 6.20 Å². The largest absolute Gasteiger partial charge is 0.330 e. The summed E-state index contributed by atoms with van der Waals surface area (Å²) in [5.74, 6) is 1.59. The van der Waals surface area contributed by atoms with Crippen LogP contribution in [-0.4, -0.2) is 16.1 Å². The number of nitrogens with one attached hydrogen (secondary N) is 1. The smallest absolute Gasteiger partial charge is 0.105 e. The normalized spacial score (nSPS) is 14.4. The Hall–Kier alpha value is -1.61. The van der Waals surface area contributed by atoms with Gasteiger partial charge in [-0.1, -0.05) is 51.1 Å². The first kappa shape index (κ1) is 14.8. The van der Waals surface area contributed by atoms with Gasteiger partial charge in [-0.25, -0.2) is 4.98 Å². The quantitative estimate of drug-likeness (QED) is 0.867.